The Morgan fingerprint density at radius 1 is 1.64 bits per heavy atom. The second-order valence-corrected chi connectivity index (χ2v) is 3.94. The molecule has 4 heteroatoms. The molecule has 0 saturated heterocycles. The summed E-state index contributed by atoms with van der Waals surface area (Å²) in [7, 11) is 0. The zero-order valence-electron chi connectivity index (χ0n) is 8.53. The van der Waals surface area contributed by atoms with E-state index in [2.05, 4.69) is 0 Å². The van der Waals surface area contributed by atoms with E-state index in [-0.39, 0.29) is 18.3 Å². The zero-order valence-corrected chi connectivity index (χ0v) is 8.53. The van der Waals surface area contributed by atoms with Crippen molar-refractivity contribution in [3.8, 4) is 0 Å². The van der Waals surface area contributed by atoms with E-state index in [1.165, 1.54) is 6.08 Å². The quantitative estimate of drug-likeness (QED) is 0.754. The van der Waals surface area contributed by atoms with Crippen molar-refractivity contribution < 1.29 is 14.3 Å². The van der Waals surface area contributed by atoms with Crippen LogP contribution in [0.25, 0.3) is 0 Å². The van der Waals surface area contributed by atoms with Gasteiger partial charge in [-0.1, -0.05) is 19.9 Å². The van der Waals surface area contributed by atoms with Gasteiger partial charge in [0.1, 0.15) is 11.9 Å². The lowest BCUT2D eigenvalue weighted by molar-refractivity contribution is -0.145. The molecule has 0 fully saturated rings. The van der Waals surface area contributed by atoms with Gasteiger partial charge in [0.2, 0.25) is 0 Å². The van der Waals surface area contributed by atoms with Gasteiger partial charge in [-0.3, -0.25) is 9.69 Å². The highest BCUT2D eigenvalue weighted by molar-refractivity contribution is 5.73. The molecular formula is C10H16FNO2. The summed E-state index contributed by atoms with van der Waals surface area (Å²) in [6.45, 7) is 4.45. The molecule has 0 amide bonds. The van der Waals surface area contributed by atoms with Crippen LogP contribution in [0.15, 0.2) is 11.9 Å². The Bertz CT molecular complexity index is 251. The maximum Gasteiger partial charge on any atom is 0.321 e. The number of rotatable bonds is 3. The molecule has 3 nitrogen and oxygen atoms in total. The Balaban J connectivity index is 2.70. The molecule has 1 aliphatic rings. The van der Waals surface area contributed by atoms with Gasteiger partial charge in [0.15, 0.2) is 0 Å². The van der Waals surface area contributed by atoms with Gasteiger partial charge in [-0.05, 0) is 12.3 Å². The molecule has 1 heterocycles. The molecule has 1 rings (SSSR count). The highest BCUT2D eigenvalue weighted by Gasteiger charge is 2.30. The molecule has 0 aliphatic carbocycles. The Hall–Kier alpha value is -0.900. The van der Waals surface area contributed by atoms with E-state index in [0.29, 0.717) is 13.0 Å². The fourth-order valence-corrected chi connectivity index (χ4v) is 1.83. The summed E-state index contributed by atoms with van der Waals surface area (Å²) in [4.78, 5) is 12.6. The smallest absolute Gasteiger partial charge is 0.321 e. The monoisotopic (exact) mass is 201 g/mol. The number of carboxylic acids is 1. The fourth-order valence-electron chi connectivity index (χ4n) is 1.83. The molecule has 0 saturated carbocycles. The van der Waals surface area contributed by atoms with Gasteiger partial charge in [0, 0.05) is 6.54 Å². The highest BCUT2D eigenvalue weighted by atomic mass is 19.1. The van der Waals surface area contributed by atoms with Crippen molar-refractivity contribution in [2.24, 2.45) is 5.92 Å². The number of hydrogen-bond acceptors (Lipinski definition) is 2. The predicted molar refractivity (Wildman–Crippen MR) is 51.6 cm³/mol. The van der Waals surface area contributed by atoms with E-state index in [1.807, 2.05) is 13.8 Å². The third kappa shape index (κ3) is 2.54. The summed E-state index contributed by atoms with van der Waals surface area (Å²) in [5.74, 6) is -1.09. The van der Waals surface area contributed by atoms with Crippen LogP contribution in [0.2, 0.25) is 0 Å². The maximum absolute atomic E-state index is 12.9. The molecule has 1 unspecified atom stereocenters. The van der Waals surface area contributed by atoms with Crippen LogP contribution in [0.4, 0.5) is 4.39 Å². The molecular weight excluding hydrogens is 185 g/mol. The van der Waals surface area contributed by atoms with Crippen molar-refractivity contribution in [3.63, 3.8) is 0 Å². The van der Waals surface area contributed by atoms with Crippen molar-refractivity contribution >= 4 is 5.97 Å². The van der Waals surface area contributed by atoms with Crippen LogP contribution in [0, 0.1) is 5.92 Å². The van der Waals surface area contributed by atoms with Crippen molar-refractivity contribution in [1.82, 2.24) is 4.90 Å². The number of carboxylic acid groups (broad SMARTS) is 1. The third-order valence-corrected chi connectivity index (χ3v) is 2.41. The SMILES string of the molecule is CC(C)C(C(=O)O)N1CCC=C(F)C1. The molecule has 0 spiro atoms. The van der Waals surface area contributed by atoms with E-state index >= 15 is 0 Å². The van der Waals surface area contributed by atoms with Crippen LogP contribution < -0.4 is 0 Å². The van der Waals surface area contributed by atoms with Gasteiger partial charge in [-0.2, -0.15) is 0 Å². The maximum atomic E-state index is 12.9. The average molecular weight is 201 g/mol. The van der Waals surface area contributed by atoms with Crippen molar-refractivity contribution in [1.29, 1.82) is 0 Å². The minimum absolute atomic E-state index is 0.00148. The van der Waals surface area contributed by atoms with Gasteiger partial charge < -0.3 is 5.11 Å². The Morgan fingerprint density at radius 2 is 2.29 bits per heavy atom. The van der Waals surface area contributed by atoms with Gasteiger partial charge in [-0.15, -0.1) is 0 Å². The molecule has 1 atom stereocenters. The minimum Gasteiger partial charge on any atom is -0.480 e. The summed E-state index contributed by atoms with van der Waals surface area (Å²) >= 11 is 0. The molecule has 80 valence electrons. The van der Waals surface area contributed by atoms with Gasteiger partial charge in [0.25, 0.3) is 0 Å². The van der Waals surface area contributed by atoms with E-state index in [9.17, 15) is 9.18 Å². The van der Waals surface area contributed by atoms with Crippen molar-refractivity contribution in [2.45, 2.75) is 26.3 Å². The van der Waals surface area contributed by atoms with Gasteiger partial charge >= 0.3 is 5.97 Å². The molecule has 1 aliphatic heterocycles. The zero-order chi connectivity index (χ0) is 10.7. The molecule has 0 radical (unpaired) electrons. The Kier molecular flexibility index (Phi) is 3.63. The molecule has 0 aromatic carbocycles. The van der Waals surface area contributed by atoms with Crippen LogP contribution in [0.3, 0.4) is 0 Å². The summed E-state index contributed by atoms with van der Waals surface area (Å²) in [5.41, 5.74) is 0. The number of aliphatic carboxylic acids is 1. The molecule has 0 aromatic rings. The van der Waals surface area contributed by atoms with Gasteiger partial charge in [0.05, 0.1) is 6.54 Å². The topological polar surface area (TPSA) is 40.5 Å². The fraction of sp³-hybridized carbons (Fsp3) is 0.700. The molecule has 14 heavy (non-hydrogen) atoms. The lowest BCUT2D eigenvalue weighted by Crippen LogP contribution is -2.46. The third-order valence-electron chi connectivity index (χ3n) is 2.41. The predicted octanol–water partition coefficient (Wildman–Crippen LogP) is 1.65. The van der Waals surface area contributed by atoms with E-state index in [4.69, 9.17) is 5.11 Å². The van der Waals surface area contributed by atoms with Crippen LogP contribution >= 0.6 is 0 Å². The van der Waals surface area contributed by atoms with Crippen LogP contribution in [-0.4, -0.2) is 35.1 Å². The van der Waals surface area contributed by atoms with E-state index in [0.717, 1.165) is 0 Å². The van der Waals surface area contributed by atoms with Crippen molar-refractivity contribution in [3.05, 3.63) is 11.9 Å². The average Bonchev–Trinajstić information content (AvgIpc) is 2.02. The summed E-state index contributed by atoms with van der Waals surface area (Å²) in [5, 5.41) is 9.00. The first-order valence-electron chi connectivity index (χ1n) is 4.83. The minimum atomic E-state index is -0.866. The summed E-state index contributed by atoms with van der Waals surface area (Å²) in [6.07, 6.45) is 2.12. The Morgan fingerprint density at radius 3 is 2.71 bits per heavy atom. The molecule has 0 bridgehead atoms. The van der Waals surface area contributed by atoms with Crippen molar-refractivity contribution in [2.75, 3.05) is 13.1 Å². The first kappa shape index (κ1) is 11.2. The Labute approximate surface area is 83.2 Å². The highest BCUT2D eigenvalue weighted by Crippen LogP contribution is 2.18. The number of carbonyl (C=O) groups is 1. The first-order chi connectivity index (χ1) is 6.52. The number of nitrogens with zero attached hydrogens (tertiary/aromatic N) is 1. The normalized spacial score (nSPS) is 20.7. The largest absolute Gasteiger partial charge is 0.480 e. The first-order valence-corrected chi connectivity index (χ1v) is 4.83. The standard InChI is InChI=1S/C10H16FNO2/c1-7(2)9(10(13)14)12-5-3-4-8(11)6-12/h4,7,9H,3,5-6H2,1-2H3,(H,13,14). The molecule has 1 N–H and O–H groups in total. The second kappa shape index (κ2) is 4.55. The van der Waals surface area contributed by atoms with E-state index < -0.39 is 12.0 Å². The second-order valence-electron chi connectivity index (χ2n) is 3.94. The van der Waals surface area contributed by atoms with Crippen LogP contribution in [0.5, 0.6) is 0 Å². The lowest BCUT2D eigenvalue weighted by Gasteiger charge is -2.32. The number of hydrogen-bond donors (Lipinski definition) is 1. The molecule has 0 aromatic heterocycles. The van der Waals surface area contributed by atoms with E-state index in [1.54, 1.807) is 4.90 Å². The van der Waals surface area contributed by atoms with Crippen LogP contribution in [0.1, 0.15) is 20.3 Å². The number of halogens is 1. The van der Waals surface area contributed by atoms with Gasteiger partial charge in [-0.25, -0.2) is 4.39 Å². The summed E-state index contributed by atoms with van der Waals surface area (Å²) < 4.78 is 12.9. The lowest BCUT2D eigenvalue weighted by atomic mass is 10.0. The van der Waals surface area contributed by atoms with Crippen LogP contribution in [-0.2, 0) is 4.79 Å². The summed E-state index contributed by atoms with van der Waals surface area (Å²) in [6, 6.07) is -0.575.